The molecule has 6 nitrogen and oxygen atoms in total. The molecule has 2 aromatic carbocycles. The summed E-state index contributed by atoms with van der Waals surface area (Å²) in [6.45, 7) is 6.03. The van der Waals surface area contributed by atoms with E-state index in [2.05, 4.69) is 5.32 Å². The zero-order valence-electron chi connectivity index (χ0n) is 17.6. The molecule has 4 aromatic rings. The van der Waals surface area contributed by atoms with Crippen molar-refractivity contribution in [2.45, 2.75) is 33.9 Å². The molecule has 2 aromatic heterocycles. The number of nitrogens with one attached hydrogen (secondary N) is 1. The van der Waals surface area contributed by atoms with Crippen LogP contribution in [0.4, 0.5) is 0 Å². The Morgan fingerprint density at radius 3 is 2.48 bits per heavy atom. The molecule has 0 unspecified atom stereocenters. The number of benzene rings is 2. The predicted molar refractivity (Wildman–Crippen MR) is 124 cm³/mol. The highest BCUT2D eigenvalue weighted by molar-refractivity contribution is 7.17. The van der Waals surface area contributed by atoms with Gasteiger partial charge in [-0.3, -0.25) is 14.2 Å². The molecule has 0 spiro atoms. The third-order valence-corrected chi connectivity index (χ3v) is 6.38. The van der Waals surface area contributed by atoms with E-state index in [-0.39, 0.29) is 18.0 Å². The molecule has 0 atom stereocenters. The Morgan fingerprint density at radius 2 is 1.74 bits per heavy atom. The van der Waals surface area contributed by atoms with Gasteiger partial charge >= 0.3 is 5.69 Å². The quantitative estimate of drug-likeness (QED) is 0.524. The van der Waals surface area contributed by atoms with E-state index in [1.165, 1.54) is 20.5 Å². The number of hydrogen-bond donors (Lipinski definition) is 1. The van der Waals surface area contributed by atoms with Crippen molar-refractivity contribution in [3.05, 3.63) is 97.0 Å². The molecule has 0 aliphatic rings. The van der Waals surface area contributed by atoms with Crippen molar-refractivity contribution in [3.8, 4) is 5.69 Å². The molecule has 31 heavy (non-hydrogen) atoms. The maximum Gasteiger partial charge on any atom is 0.336 e. The summed E-state index contributed by atoms with van der Waals surface area (Å²) < 4.78 is 3.00. The molecule has 0 saturated carbocycles. The lowest BCUT2D eigenvalue weighted by atomic mass is 10.1. The van der Waals surface area contributed by atoms with Crippen molar-refractivity contribution in [1.29, 1.82) is 0 Å². The Morgan fingerprint density at radius 1 is 1.00 bits per heavy atom. The predicted octanol–water partition coefficient (Wildman–Crippen LogP) is 3.46. The van der Waals surface area contributed by atoms with Gasteiger partial charge in [-0.15, -0.1) is 11.3 Å². The Balaban J connectivity index is 1.72. The van der Waals surface area contributed by atoms with Gasteiger partial charge in [0, 0.05) is 6.54 Å². The number of nitrogens with zero attached hydrogens (tertiary/aromatic N) is 2. The fraction of sp³-hybridized carbons (Fsp3) is 0.208. The van der Waals surface area contributed by atoms with E-state index >= 15 is 0 Å². The summed E-state index contributed by atoms with van der Waals surface area (Å²) >= 11 is 1.27. The molecule has 158 valence electrons. The lowest BCUT2D eigenvalue weighted by Crippen LogP contribution is -2.41. The number of thiophene rings is 1. The van der Waals surface area contributed by atoms with Crippen molar-refractivity contribution in [2.24, 2.45) is 0 Å². The second-order valence-corrected chi connectivity index (χ2v) is 8.54. The summed E-state index contributed by atoms with van der Waals surface area (Å²) in [5.74, 6) is -0.290. The van der Waals surface area contributed by atoms with Crippen LogP contribution >= 0.6 is 11.3 Å². The molecular formula is C24H23N3O3S. The third kappa shape index (κ3) is 3.96. The zero-order chi connectivity index (χ0) is 22.1. The van der Waals surface area contributed by atoms with Crippen molar-refractivity contribution in [2.75, 3.05) is 0 Å². The Labute approximate surface area is 183 Å². The fourth-order valence-electron chi connectivity index (χ4n) is 3.54. The summed E-state index contributed by atoms with van der Waals surface area (Å²) in [5.41, 5.74) is 4.11. The molecule has 4 rings (SSSR count). The van der Waals surface area contributed by atoms with Crippen LogP contribution in [0.25, 0.3) is 15.9 Å². The zero-order valence-corrected chi connectivity index (χ0v) is 18.5. The normalized spacial score (nSPS) is 11.1. The second-order valence-electron chi connectivity index (χ2n) is 7.63. The monoisotopic (exact) mass is 433 g/mol. The highest BCUT2D eigenvalue weighted by Crippen LogP contribution is 2.19. The van der Waals surface area contributed by atoms with Gasteiger partial charge in [0.1, 0.15) is 11.2 Å². The van der Waals surface area contributed by atoms with Crippen LogP contribution in [0, 0.1) is 20.8 Å². The van der Waals surface area contributed by atoms with E-state index in [1.54, 1.807) is 17.5 Å². The molecule has 0 fully saturated rings. The second kappa shape index (κ2) is 8.35. The van der Waals surface area contributed by atoms with Gasteiger partial charge in [0.2, 0.25) is 5.91 Å². The largest absolute Gasteiger partial charge is 0.350 e. The lowest BCUT2D eigenvalue weighted by molar-refractivity contribution is -0.121. The maximum atomic E-state index is 13.4. The average molecular weight is 434 g/mol. The first-order chi connectivity index (χ1) is 14.9. The fourth-order valence-corrected chi connectivity index (χ4v) is 4.36. The van der Waals surface area contributed by atoms with Crippen molar-refractivity contribution in [3.63, 3.8) is 0 Å². The molecule has 0 aliphatic carbocycles. The van der Waals surface area contributed by atoms with Gasteiger partial charge in [0.25, 0.3) is 5.56 Å². The van der Waals surface area contributed by atoms with E-state index in [0.717, 1.165) is 22.3 Å². The van der Waals surface area contributed by atoms with E-state index in [0.29, 0.717) is 22.4 Å². The standard InChI is InChI=1S/C24H23N3O3S/c1-15-7-9-18(10-8-15)13-25-21(28)14-26-20-11-12-31-22(20)23(29)27(24(26)30)19-6-4-5-16(2)17(19)3/h4-12H,13-14H2,1-3H3,(H,25,28). The Hall–Kier alpha value is -3.45. The number of fused-ring (bicyclic) bond motifs is 1. The summed E-state index contributed by atoms with van der Waals surface area (Å²) in [6.07, 6.45) is 0. The van der Waals surface area contributed by atoms with E-state index in [9.17, 15) is 14.4 Å². The minimum atomic E-state index is -0.518. The number of rotatable bonds is 5. The maximum absolute atomic E-state index is 13.4. The number of aromatic nitrogens is 2. The third-order valence-electron chi connectivity index (χ3n) is 5.48. The van der Waals surface area contributed by atoms with Crippen molar-refractivity contribution >= 4 is 27.5 Å². The van der Waals surface area contributed by atoms with Gasteiger partial charge in [-0.1, -0.05) is 42.0 Å². The van der Waals surface area contributed by atoms with Crippen LogP contribution in [0.3, 0.4) is 0 Å². The first-order valence-corrected chi connectivity index (χ1v) is 10.9. The molecule has 0 saturated heterocycles. The minimum Gasteiger partial charge on any atom is -0.350 e. The average Bonchev–Trinajstić information content (AvgIpc) is 3.24. The summed E-state index contributed by atoms with van der Waals surface area (Å²) in [4.78, 5) is 39.1. The number of aryl methyl sites for hydroxylation is 2. The first kappa shape index (κ1) is 20.8. The molecule has 0 aliphatic heterocycles. The topological polar surface area (TPSA) is 73.1 Å². The van der Waals surface area contributed by atoms with Crippen LogP contribution in [0.5, 0.6) is 0 Å². The number of carbonyl (C=O) groups excluding carboxylic acids is 1. The van der Waals surface area contributed by atoms with Crippen molar-refractivity contribution in [1.82, 2.24) is 14.5 Å². The van der Waals surface area contributed by atoms with E-state index in [4.69, 9.17) is 0 Å². The number of hydrogen-bond acceptors (Lipinski definition) is 4. The van der Waals surface area contributed by atoms with Gasteiger partial charge in [-0.25, -0.2) is 9.36 Å². The van der Waals surface area contributed by atoms with Gasteiger partial charge in [-0.2, -0.15) is 0 Å². The van der Waals surface area contributed by atoms with Crippen LogP contribution in [0.2, 0.25) is 0 Å². The van der Waals surface area contributed by atoms with Gasteiger partial charge in [-0.05, 0) is 55.0 Å². The summed E-state index contributed by atoms with van der Waals surface area (Å²) in [7, 11) is 0. The van der Waals surface area contributed by atoms with Gasteiger partial charge < -0.3 is 5.32 Å². The highest BCUT2D eigenvalue weighted by atomic mass is 32.1. The van der Waals surface area contributed by atoms with Crippen LogP contribution in [0.15, 0.2) is 63.5 Å². The van der Waals surface area contributed by atoms with E-state index in [1.807, 2.05) is 57.2 Å². The minimum absolute atomic E-state index is 0.164. The molecule has 0 bridgehead atoms. The molecule has 1 N–H and O–H groups in total. The molecule has 2 heterocycles. The molecule has 7 heteroatoms. The van der Waals surface area contributed by atoms with Crippen molar-refractivity contribution < 1.29 is 4.79 Å². The van der Waals surface area contributed by atoms with Crippen LogP contribution in [-0.4, -0.2) is 15.0 Å². The number of carbonyl (C=O) groups is 1. The Bertz CT molecular complexity index is 1390. The van der Waals surface area contributed by atoms with Gasteiger partial charge in [0.15, 0.2) is 0 Å². The van der Waals surface area contributed by atoms with Crippen LogP contribution in [0.1, 0.15) is 22.3 Å². The summed E-state index contributed by atoms with van der Waals surface area (Å²) in [5, 5.41) is 4.63. The van der Waals surface area contributed by atoms with E-state index < -0.39 is 5.69 Å². The smallest absolute Gasteiger partial charge is 0.336 e. The molecular weight excluding hydrogens is 410 g/mol. The Kier molecular flexibility index (Phi) is 5.61. The summed E-state index contributed by atoms with van der Waals surface area (Å²) in [6, 6.07) is 15.1. The molecule has 1 amide bonds. The first-order valence-electron chi connectivity index (χ1n) is 9.98. The number of amides is 1. The SMILES string of the molecule is Cc1ccc(CNC(=O)Cn2c(=O)n(-c3cccc(C)c3C)c(=O)c3sccc32)cc1. The molecule has 0 radical (unpaired) electrons. The highest BCUT2D eigenvalue weighted by Gasteiger charge is 2.18. The lowest BCUT2D eigenvalue weighted by Gasteiger charge is -2.15. The van der Waals surface area contributed by atoms with Crippen LogP contribution in [-0.2, 0) is 17.9 Å². The van der Waals surface area contributed by atoms with Crippen LogP contribution < -0.4 is 16.6 Å². The van der Waals surface area contributed by atoms with Gasteiger partial charge in [0.05, 0.1) is 11.2 Å².